The van der Waals surface area contributed by atoms with Crippen LogP contribution in [0.2, 0.25) is 5.15 Å². The third kappa shape index (κ3) is 5.16. The van der Waals surface area contributed by atoms with Crippen LogP contribution in [-0.4, -0.2) is 71.8 Å². The van der Waals surface area contributed by atoms with Crippen molar-refractivity contribution in [2.75, 3.05) is 13.7 Å². The first-order chi connectivity index (χ1) is 22.0. The van der Waals surface area contributed by atoms with Crippen LogP contribution in [0.3, 0.4) is 0 Å². The van der Waals surface area contributed by atoms with Gasteiger partial charge in [0.2, 0.25) is 0 Å². The van der Waals surface area contributed by atoms with E-state index < -0.39 is 36.7 Å². The van der Waals surface area contributed by atoms with Crippen molar-refractivity contribution in [3.05, 3.63) is 87.5 Å². The minimum absolute atomic E-state index is 0.288. The number of rotatable bonds is 6. The molecular weight excluding hydrogens is 636 g/mol. The summed E-state index contributed by atoms with van der Waals surface area (Å²) >= 11 is 9.16. The molecule has 0 aliphatic carbocycles. The fourth-order valence-corrected chi connectivity index (χ4v) is 7.85. The van der Waals surface area contributed by atoms with Gasteiger partial charge in [-0.2, -0.15) is 0 Å². The van der Waals surface area contributed by atoms with E-state index in [0.717, 1.165) is 26.5 Å². The largest absolute Gasteiger partial charge is 0.376 e. The second-order valence-electron chi connectivity index (χ2n) is 10.8. The predicted molar refractivity (Wildman–Crippen MR) is 168 cm³/mol. The maximum Gasteiger partial charge on any atom is 0.184 e. The van der Waals surface area contributed by atoms with Crippen molar-refractivity contribution in [2.45, 2.75) is 50.6 Å². The summed E-state index contributed by atoms with van der Waals surface area (Å²) in [6.07, 6.45) is -0.943. The molecule has 0 bridgehead atoms. The Labute approximate surface area is 270 Å². The van der Waals surface area contributed by atoms with Crippen LogP contribution in [-0.2, 0) is 18.9 Å². The fourth-order valence-electron chi connectivity index (χ4n) is 6.09. The van der Waals surface area contributed by atoms with E-state index in [4.69, 9.17) is 30.5 Å². The quantitative estimate of drug-likeness (QED) is 0.220. The number of ether oxygens (including phenoxy) is 4. The van der Waals surface area contributed by atoms with Crippen molar-refractivity contribution in [1.82, 2.24) is 39.7 Å². The molecule has 12 nitrogen and oxygen atoms in total. The minimum atomic E-state index is -0.649. The van der Waals surface area contributed by atoms with E-state index in [2.05, 4.69) is 36.5 Å². The van der Waals surface area contributed by atoms with Gasteiger partial charge in [-0.25, -0.2) is 14.6 Å². The normalized spacial score (nSPS) is 25.1. The van der Waals surface area contributed by atoms with Gasteiger partial charge in [0.05, 0.1) is 33.7 Å². The summed E-state index contributed by atoms with van der Waals surface area (Å²) in [6.45, 7) is 4.21. The summed E-state index contributed by atoms with van der Waals surface area (Å²) in [4.78, 5) is 9.00. The molecule has 6 aromatic rings. The van der Waals surface area contributed by atoms with Gasteiger partial charge in [0.15, 0.2) is 12.1 Å². The van der Waals surface area contributed by atoms with Crippen LogP contribution in [0.25, 0.3) is 26.6 Å². The van der Waals surface area contributed by atoms with Crippen LogP contribution < -0.4 is 0 Å². The topological polar surface area (TPSA) is 124 Å². The summed E-state index contributed by atoms with van der Waals surface area (Å²) < 4.78 is 30.8. The summed E-state index contributed by atoms with van der Waals surface area (Å²) in [5, 5.41) is 21.9. The zero-order chi connectivity index (χ0) is 30.7. The van der Waals surface area contributed by atoms with Crippen molar-refractivity contribution in [1.29, 1.82) is 0 Å². The first-order valence-electron chi connectivity index (χ1n) is 14.3. The molecule has 45 heavy (non-hydrogen) atoms. The molecule has 6 heterocycles. The Hall–Kier alpha value is -3.63. The van der Waals surface area contributed by atoms with Crippen LogP contribution >= 0.6 is 34.3 Å². The molecule has 4 unspecified atom stereocenters. The van der Waals surface area contributed by atoms with E-state index in [1.165, 1.54) is 11.3 Å². The highest BCUT2D eigenvalue weighted by molar-refractivity contribution is 7.18. The van der Waals surface area contributed by atoms with Gasteiger partial charge in [0.1, 0.15) is 52.1 Å². The number of benzene rings is 2. The van der Waals surface area contributed by atoms with Gasteiger partial charge in [-0.05, 0) is 32.0 Å². The molecule has 0 saturated carbocycles. The smallest absolute Gasteiger partial charge is 0.184 e. The fraction of sp³-hybridized carbons (Fsp3) is 0.333. The molecule has 6 atom stereocenters. The molecule has 0 amide bonds. The second-order valence-corrected chi connectivity index (χ2v) is 13.3. The Morgan fingerprint density at radius 1 is 1.02 bits per heavy atom. The number of aryl methyl sites for hydroxylation is 2. The monoisotopic (exact) mass is 662 g/mol. The molecule has 8 rings (SSSR count). The Kier molecular flexibility index (Phi) is 7.44. The highest BCUT2D eigenvalue weighted by Crippen LogP contribution is 2.45. The van der Waals surface area contributed by atoms with Crippen LogP contribution in [0.4, 0.5) is 0 Å². The zero-order valence-corrected chi connectivity index (χ0v) is 26.7. The lowest BCUT2D eigenvalue weighted by atomic mass is 9.91. The standard InChI is InChI=1S/C30H27ClN8O4S2/c1-15-34-36-28(39(15)18-9-10-19-22(11-18)45-16(2)32-19)27-26(40-3)24(38-12-20(35-37-38)29-33-23(31)14-44-29)25-21(42-27)13-41-30(43-25)17-7-5-4-6-8-17/h4-12,14,21,24-27,30H,13H2,1-3H3/t21?,24?,25-,26?,27+,30?/m0/s1. The van der Waals surface area contributed by atoms with Crippen LogP contribution in [0.5, 0.6) is 0 Å². The van der Waals surface area contributed by atoms with Gasteiger partial charge in [-0.1, -0.05) is 47.1 Å². The van der Waals surface area contributed by atoms with E-state index in [9.17, 15) is 0 Å². The molecular formula is C30H27ClN8O4S2. The number of halogens is 1. The van der Waals surface area contributed by atoms with Crippen molar-refractivity contribution >= 4 is 44.5 Å². The van der Waals surface area contributed by atoms with E-state index in [0.29, 0.717) is 27.5 Å². The Bertz CT molecular complexity index is 1980. The number of thiazole rings is 2. The molecule has 0 N–H and O–H groups in total. The average molecular weight is 663 g/mol. The minimum Gasteiger partial charge on any atom is -0.376 e. The van der Waals surface area contributed by atoms with Gasteiger partial charge in [-0.3, -0.25) is 4.57 Å². The molecule has 2 aliphatic rings. The van der Waals surface area contributed by atoms with Crippen molar-refractivity contribution < 1.29 is 18.9 Å². The van der Waals surface area contributed by atoms with E-state index in [-0.39, 0.29) is 6.61 Å². The average Bonchev–Trinajstić information content (AvgIpc) is 3.86. The maximum absolute atomic E-state index is 6.78. The SMILES string of the molecule is COC1C(n2cc(-c3nc(Cl)cs3)nn2)[C@H]2OC(c3ccccc3)OCC2O[C@H]1c1nnc(C)n1-c1ccc2nc(C)sc2c1. The number of hydrogen-bond donors (Lipinski definition) is 0. The first kappa shape index (κ1) is 28.8. The van der Waals surface area contributed by atoms with Gasteiger partial charge < -0.3 is 18.9 Å². The Morgan fingerprint density at radius 3 is 2.69 bits per heavy atom. The third-order valence-corrected chi connectivity index (χ3v) is 10.2. The summed E-state index contributed by atoms with van der Waals surface area (Å²) in [5.74, 6) is 1.31. The lowest BCUT2D eigenvalue weighted by molar-refractivity contribution is -0.321. The molecule has 0 spiro atoms. The van der Waals surface area contributed by atoms with Crippen molar-refractivity contribution in [3.63, 3.8) is 0 Å². The van der Waals surface area contributed by atoms with Gasteiger partial charge in [0.25, 0.3) is 0 Å². The lowest BCUT2D eigenvalue weighted by Crippen LogP contribution is -2.57. The van der Waals surface area contributed by atoms with Crippen LogP contribution in [0.15, 0.2) is 60.1 Å². The summed E-state index contributed by atoms with van der Waals surface area (Å²) in [6, 6.07) is 15.5. The zero-order valence-electron chi connectivity index (χ0n) is 24.3. The molecule has 4 aromatic heterocycles. The molecule has 2 fully saturated rings. The molecule has 15 heteroatoms. The van der Waals surface area contributed by atoms with E-state index in [1.54, 1.807) is 28.5 Å². The second kappa shape index (κ2) is 11.6. The van der Waals surface area contributed by atoms with Crippen LogP contribution in [0.1, 0.15) is 40.7 Å². The molecule has 2 aromatic carbocycles. The van der Waals surface area contributed by atoms with E-state index >= 15 is 0 Å². The third-order valence-electron chi connectivity index (χ3n) is 8.05. The maximum atomic E-state index is 6.78. The van der Waals surface area contributed by atoms with E-state index in [1.807, 2.05) is 67.1 Å². The van der Waals surface area contributed by atoms with Gasteiger partial charge in [0, 0.05) is 18.1 Å². The van der Waals surface area contributed by atoms with Crippen molar-refractivity contribution in [2.24, 2.45) is 0 Å². The van der Waals surface area contributed by atoms with Gasteiger partial charge >= 0.3 is 0 Å². The van der Waals surface area contributed by atoms with Gasteiger partial charge in [-0.15, -0.1) is 38.0 Å². The molecule has 230 valence electrons. The number of fused-ring (bicyclic) bond motifs is 2. The van der Waals surface area contributed by atoms with Crippen LogP contribution in [0, 0.1) is 13.8 Å². The summed E-state index contributed by atoms with van der Waals surface area (Å²) in [5.41, 5.74) is 3.37. The molecule has 0 radical (unpaired) electrons. The Morgan fingerprint density at radius 2 is 1.89 bits per heavy atom. The number of hydrogen-bond acceptors (Lipinski definition) is 12. The van der Waals surface area contributed by atoms with Crippen molar-refractivity contribution in [3.8, 4) is 16.4 Å². The lowest BCUT2D eigenvalue weighted by Gasteiger charge is -2.48. The number of aromatic nitrogens is 8. The number of nitrogens with zero attached hydrogens (tertiary/aromatic N) is 8. The first-order valence-corrected chi connectivity index (χ1v) is 16.4. The highest BCUT2D eigenvalue weighted by Gasteiger charge is 2.53. The highest BCUT2D eigenvalue weighted by atomic mass is 35.5. The summed E-state index contributed by atoms with van der Waals surface area (Å²) in [7, 11) is 1.65. The molecule has 2 aliphatic heterocycles. The Balaban J connectivity index is 1.21. The predicted octanol–water partition coefficient (Wildman–Crippen LogP) is 5.67. The molecule has 2 saturated heterocycles. The number of methoxy groups -OCH3 is 1.